The van der Waals surface area contributed by atoms with Crippen LogP contribution in [0.4, 0.5) is 0 Å². The zero-order valence-corrected chi connectivity index (χ0v) is 18.3. The van der Waals surface area contributed by atoms with E-state index in [1.165, 1.54) is 23.3 Å². The molecule has 0 atom stereocenters. The fourth-order valence-electron chi connectivity index (χ4n) is 4.43. The highest BCUT2D eigenvalue weighted by molar-refractivity contribution is 7.14. The van der Waals surface area contributed by atoms with Gasteiger partial charge in [0.15, 0.2) is 5.78 Å². The van der Waals surface area contributed by atoms with Crippen LogP contribution < -0.4 is 0 Å². The Labute approximate surface area is 178 Å². The van der Waals surface area contributed by atoms with Gasteiger partial charge < -0.3 is 4.74 Å². The third-order valence-electron chi connectivity index (χ3n) is 6.04. The number of hydrogen-bond acceptors (Lipinski definition) is 4. The highest BCUT2D eigenvalue weighted by atomic mass is 32.1. The maximum Gasteiger partial charge on any atom is 0.306 e. The van der Waals surface area contributed by atoms with Crippen LogP contribution in [0.15, 0.2) is 42.5 Å². The van der Waals surface area contributed by atoms with Crippen molar-refractivity contribution in [2.75, 3.05) is 6.61 Å². The van der Waals surface area contributed by atoms with Gasteiger partial charge in [-0.1, -0.05) is 43.2 Å². The number of carbonyl (C=O) groups is 2. The molecule has 1 aromatic heterocycles. The van der Waals surface area contributed by atoms with E-state index in [4.69, 9.17) is 4.74 Å². The van der Waals surface area contributed by atoms with Crippen molar-refractivity contribution >= 4 is 23.1 Å². The first kappa shape index (κ1) is 21.8. The smallest absolute Gasteiger partial charge is 0.306 e. The lowest BCUT2D eigenvalue weighted by Crippen LogP contribution is -2.23. The molecule has 1 saturated carbocycles. The van der Waals surface area contributed by atoms with Gasteiger partial charge in [-0.05, 0) is 68.6 Å². The molecule has 3 nitrogen and oxygen atoms in total. The van der Waals surface area contributed by atoms with Crippen LogP contribution in [-0.2, 0) is 22.4 Å². The van der Waals surface area contributed by atoms with E-state index in [9.17, 15) is 9.59 Å². The molecule has 156 valence electrons. The Kier molecular flexibility index (Phi) is 8.05. The van der Waals surface area contributed by atoms with E-state index in [1.807, 2.05) is 31.2 Å². The van der Waals surface area contributed by atoms with E-state index in [-0.39, 0.29) is 17.2 Å². The summed E-state index contributed by atoms with van der Waals surface area (Å²) in [6.07, 6.45) is 9.56. The quantitative estimate of drug-likeness (QED) is 0.317. The van der Waals surface area contributed by atoms with Crippen LogP contribution in [-0.4, -0.2) is 18.4 Å². The third-order valence-corrected chi connectivity index (χ3v) is 7.23. The molecule has 1 fully saturated rings. The standard InChI is InChI=1S/C25H32O3S/c1-2-28-24(27)19-25(16-6-7-17-25)18-15-21-13-14-23(29-21)22(26)12-8-11-20-9-4-3-5-10-20/h3-5,9-10,13-14H,2,6-8,11-12,15-19H2,1H3. The minimum Gasteiger partial charge on any atom is -0.466 e. The van der Waals surface area contributed by atoms with Crippen molar-refractivity contribution in [3.63, 3.8) is 0 Å². The number of thiophene rings is 1. The first-order valence-electron chi connectivity index (χ1n) is 10.9. The molecular weight excluding hydrogens is 380 g/mol. The summed E-state index contributed by atoms with van der Waals surface area (Å²) in [5.74, 6) is 0.189. The number of hydrogen-bond donors (Lipinski definition) is 0. The predicted molar refractivity (Wildman–Crippen MR) is 119 cm³/mol. The summed E-state index contributed by atoms with van der Waals surface area (Å²) < 4.78 is 5.20. The molecule has 0 radical (unpaired) electrons. The molecule has 2 aromatic rings. The van der Waals surface area contributed by atoms with E-state index in [0.29, 0.717) is 19.4 Å². The Morgan fingerprint density at radius 3 is 2.52 bits per heavy atom. The summed E-state index contributed by atoms with van der Waals surface area (Å²) >= 11 is 1.63. The van der Waals surface area contributed by atoms with Crippen molar-refractivity contribution in [3.8, 4) is 0 Å². The molecule has 0 bridgehead atoms. The summed E-state index contributed by atoms with van der Waals surface area (Å²) in [6, 6.07) is 14.4. The number of aryl methyl sites for hydroxylation is 2. The summed E-state index contributed by atoms with van der Waals surface area (Å²) in [4.78, 5) is 26.7. The van der Waals surface area contributed by atoms with Crippen LogP contribution >= 0.6 is 11.3 Å². The maximum absolute atomic E-state index is 12.5. The van der Waals surface area contributed by atoms with E-state index >= 15 is 0 Å². The Hall–Kier alpha value is -1.94. The number of rotatable bonds is 11. The SMILES string of the molecule is CCOC(=O)CC1(CCc2ccc(C(=O)CCCc3ccccc3)s2)CCCC1. The molecule has 0 aliphatic heterocycles. The van der Waals surface area contributed by atoms with Crippen molar-refractivity contribution in [2.45, 2.75) is 71.1 Å². The summed E-state index contributed by atoms with van der Waals surface area (Å²) in [7, 11) is 0. The first-order chi connectivity index (χ1) is 14.1. The Bertz CT molecular complexity index is 787. The number of benzene rings is 1. The highest BCUT2D eigenvalue weighted by Gasteiger charge is 2.36. The molecule has 1 aromatic carbocycles. The second-order valence-corrected chi connectivity index (χ2v) is 9.39. The topological polar surface area (TPSA) is 43.4 Å². The monoisotopic (exact) mass is 412 g/mol. The molecule has 0 saturated heterocycles. The largest absolute Gasteiger partial charge is 0.466 e. The van der Waals surface area contributed by atoms with Gasteiger partial charge in [0, 0.05) is 11.3 Å². The lowest BCUT2D eigenvalue weighted by Gasteiger charge is -2.27. The van der Waals surface area contributed by atoms with Crippen molar-refractivity contribution < 1.29 is 14.3 Å². The summed E-state index contributed by atoms with van der Waals surface area (Å²) in [5.41, 5.74) is 1.38. The van der Waals surface area contributed by atoms with Gasteiger partial charge in [0.05, 0.1) is 17.9 Å². The van der Waals surface area contributed by atoms with Crippen LogP contribution in [0.1, 0.15) is 78.4 Å². The molecule has 29 heavy (non-hydrogen) atoms. The van der Waals surface area contributed by atoms with Gasteiger partial charge in [0.2, 0.25) is 0 Å². The first-order valence-corrected chi connectivity index (χ1v) is 11.7. The fourth-order valence-corrected chi connectivity index (χ4v) is 5.40. The minimum atomic E-state index is -0.0603. The van der Waals surface area contributed by atoms with Crippen molar-refractivity contribution in [1.82, 2.24) is 0 Å². The van der Waals surface area contributed by atoms with Gasteiger partial charge in [-0.15, -0.1) is 11.3 Å². The molecule has 0 unspecified atom stereocenters. The van der Waals surface area contributed by atoms with E-state index in [2.05, 4.69) is 18.2 Å². The van der Waals surface area contributed by atoms with Gasteiger partial charge in [-0.25, -0.2) is 0 Å². The zero-order valence-electron chi connectivity index (χ0n) is 17.5. The van der Waals surface area contributed by atoms with Crippen molar-refractivity contribution in [2.24, 2.45) is 5.41 Å². The summed E-state index contributed by atoms with van der Waals surface area (Å²) in [6.45, 7) is 2.32. The van der Waals surface area contributed by atoms with E-state index in [1.54, 1.807) is 11.3 Å². The average molecular weight is 413 g/mol. The van der Waals surface area contributed by atoms with Gasteiger partial charge in [0.25, 0.3) is 0 Å². The zero-order chi connectivity index (χ0) is 20.5. The highest BCUT2D eigenvalue weighted by Crippen LogP contribution is 2.45. The second kappa shape index (κ2) is 10.7. The van der Waals surface area contributed by atoms with Crippen molar-refractivity contribution in [1.29, 1.82) is 0 Å². The van der Waals surface area contributed by atoms with Gasteiger partial charge in [-0.2, -0.15) is 0 Å². The minimum absolute atomic E-state index is 0.0603. The molecule has 1 aliphatic rings. The predicted octanol–water partition coefficient (Wildman–Crippen LogP) is 6.40. The van der Waals surface area contributed by atoms with Gasteiger partial charge in [0.1, 0.15) is 0 Å². The molecule has 0 spiro atoms. The number of Topliss-reactive ketones (excluding diaryl/α,β-unsaturated/α-hetero) is 1. The van der Waals surface area contributed by atoms with Gasteiger partial charge in [-0.3, -0.25) is 9.59 Å². The van der Waals surface area contributed by atoms with Crippen LogP contribution in [0, 0.1) is 5.41 Å². The van der Waals surface area contributed by atoms with Crippen LogP contribution in [0.5, 0.6) is 0 Å². The summed E-state index contributed by atoms with van der Waals surface area (Å²) in [5, 5.41) is 0. The number of ketones is 1. The molecule has 3 rings (SSSR count). The second-order valence-electron chi connectivity index (χ2n) is 8.22. The lowest BCUT2D eigenvalue weighted by atomic mass is 9.78. The van der Waals surface area contributed by atoms with Crippen LogP contribution in [0.2, 0.25) is 0 Å². The molecule has 1 aliphatic carbocycles. The van der Waals surface area contributed by atoms with Gasteiger partial charge >= 0.3 is 5.97 Å². The number of esters is 1. The fraction of sp³-hybridized carbons (Fsp3) is 0.520. The average Bonchev–Trinajstić information content (AvgIpc) is 3.37. The van der Waals surface area contributed by atoms with Crippen LogP contribution in [0.3, 0.4) is 0 Å². The molecule has 0 N–H and O–H groups in total. The van der Waals surface area contributed by atoms with Crippen LogP contribution in [0.25, 0.3) is 0 Å². The maximum atomic E-state index is 12.5. The lowest BCUT2D eigenvalue weighted by molar-refractivity contribution is -0.146. The van der Waals surface area contributed by atoms with E-state index < -0.39 is 0 Å². The molecular formula is C25H32O3S. The normalized spacial score (nSPS) is 15.3. The molecule has 0 amide bonds. The van der Waals surface area contributed by atoms with E-state index in [0.717, 1.165) is 43.4 Å². The van der Waals surface area contributed by atoms with Crippen molar-refractivity contribution in [3.05, 3.63) is 57.8 Å². The Morgan fingerprint density at radius 2 is 1.79 bits per heavy atom. The molecule has 4 heteroatoms. The number of carbonyl (C=O) groups excluding carboxylic acids is 2. The Morgan fingerprint density at radius 1 is 1.03 bits per heavy atom. The Balaban J connectivity index is 1.48. The third kappa shape index (κ3) is 6.53. The number of ether oxygens (including phenoxy) is 1. The molecule has 1 heterocycles.